The molecule has 10 heteroatoms. The Kier molecular flexibility index (Phi) is 11.0. The van der Waals surface area contributed by atoms with E-state index in [0.717, 1.165) is 15.4 Å². The Morgan fingerprint density at radius 2 is 1.51 bits per heavy atom. The third kappa shape index (κ3) is 8.71. The molecule has 236 valence electrons. The smallest absolute Gasteiger partial charge is 0.264 e. The number of nitrogens with zero attached hydrogens (tertiary/aromatic N) is 2. The third-order valence-electron chi connectivity index (χ3n) is 7.28. The maximum absolute atomic E-state index is 14.5. The zero-order chi connectivity index (χ0) is 32.7. The molecule has 1 N–H and O–H groups in total. The van der Waals surface area contributed by atoms with E-state index >= 15 is 0 Å². The summed E-state index contributed by atoms with van der Waals surface area (Å²) in [6, 6.07) is 24.8. The Balaban J connectivity index is 1.82. The molecule has 0 bridgehead atoms. The van der Waals surface area contributed by atoms with E-state index in [-0.39, 0.29) is 35.5 Å². The molecule has 7 nitrogen and oxygen atoms in total. The molecule has 0 radical (unpaired) electrons. The lowest BCUT2D eigenvalue weighted by atomic mass is 10.0. The van der Waals surface area contributed by atoms with E-state index in [1.165, 1.54) is 29.2 Å². The quantitative estimate of drug-likeness (QED) is 0.191. The van der Waals surface area contributed by atoms with Crippen molar-refractivity contribution in [1.29, 1.82) is 0 Å². The fraction of sp³-hybridized carbons (Fsp3) is 0.257. The second-order valence-corrected chi connectivity index (χ2v) is 13.6. The number of aryl methyl sites for hydroxylation is 2. The van der Waals surface area contributed by atoms with Crippen molar-refractivity contribution in [2.75, 3.05) is 10.8 Å². The predicted molar refractivity (Wildman–Crippen MR) is 176 cm³/mol. The normalized spacial score (nSPS) is 12.1. The highest BCUT2D eigenvalue weighted by atomic mass is 35.5. The molecule has 0 aliphatic carbocycles. The fourth-order valence-corrected chi connectivity index (χ4v) is 6.68. The van der Waals surface area contributed by atoms with Crippen LogP contribution in [0.25, 0.3) is 0 Å². The number of nitrogens with one attached hydrogen (secondary N) is 1. The van der Waals surface area contributed by atoms with Crippen LogP contribution < -0.4 is 9.62 Å². The van der Waals surface area contributed by atoms with Gasteiger partial charge in [-0.2, -0.15) is 0 Å². The molecule has 45 heavy (non-hydrogen) atoms. The average molecular weight is 650 g/mol. The van der Waals surface area contributed by atoms with E-state index in [0.29, 0.717) is 16.1 Å². The van der Waals surface area contributed by atoms with Crippen LogP contribution in [-0.2, 0) is 32.6 Å². The van der Waals surface area contributed by atoms with E-state index in [1.807, 2.05) is 51.1 Å². The Hall–Kier alpha value is -4.21. The van der Waals surface area contributed by atoms with Gasteiger partial charge in [0.25, 0.3) is 10.0 Å². The highest BCUT2D eigenvalue weighted by Gasteiger charge is 2.35. The highest BCUT2D eigenvalue weighted by Crippen LogP contribution is 2.30. The van der Waals surface area contributed by atoms with Crippen LogP contribution in [0.1, 0.15) is 36.1 Å². The van der Waals surface area contributed by atoms with Crippen LogP contribution in [-0.4, -0.2) is 43.8 Å². The van der Waals surface area contributed by atoms with Gasteiger partial charge < -0.3 is 10.2 Å². The molecule has 4 aromatic rings. The molecule has 0 aliphatic rings. The first-order valence-corrected chi connectivity index (χ1v) is 16.4. The molecule has 0 aromatic heterocycles. The summed E-state index contributed by atoms with van der Waals surface area (Å²) in [4.78, 5) is 29.6. The van der Waals surface area contributed by atoms with E-state index in [4.69, 9.17) is 11.6 Å². The summed E-state index contributed by atoms with van der Waals surface area (Å²) in [5, 5.41) is 3.33. The summed E-state index contributed by atoms with van der Waals surface area (Å²) in [7, 11) is -4.24. The van der Waals surface area contributed by atoms with Crippen LogP contribution in [0, 0.1) is 19.7 Å². The minimum atomic E-state index is -4.24. The molecule has 0 aliphatic heterocycles. The van der Waals surface area contributed by atoms with Gasteiger partial charge in [0.2, 0.25) is 11.8 Å². The van der Waals surface area contributed by atoms with Gasteiger partial charge in [0, 0.05) is 24.0 Å². The fourth-order valence-electron chi connectivity index (χ4n) is 4.97. The van der Waals surface area contributed by atoms with Crippen molar-refractivity contribution >= 4 is 39.1 Å². The molecule has 0 unspecified atom stereocenters. The van der Waals surface area contributed by atoms with Crippen LogP contribution >= 0.6 is 11.6 Å². The minimum absolute atomic E-state index is 0.0127. The van der Waals surface area contributed by atoms with E-state index in [1.54, 1.807) is 49.4 Å². The number of rotatable bonds is 12. The number of sulfonamides is 1. The van der Waals surface area contributed by atoms with Gasteiger partial charge in [-0.25, -0.2) is 12.8 Å². The van der Waals surface area contributed by atoms with Gasteiger partial charge in [-0.1, -0.05) is 71.8 Å². The van der Waals surface area contributed by atoms with Gasteiger partial charge in [-0.15, -0.1) is 0 Å². The molecular formula is C35H37ClFN3O4S. The van der Waals surface area contributed by atoms with Gasteiger partial charge in [0.1, 0.15) is 18.4 Å². The minimum Gasteiger partial charge on any atom is -0.352 e. The van der Waals surface area contributed by atoms with Crippen LogP contribution in [0.5, 0.6) is 0 Å². The molecule has 4 aromatic carbocycles. The van der Waals surface area contributed by atoms with Crippen molar-refractivity contribution < 1.29 is 22.4 Å². The van der Waals surface area contributed by atoms with Crippen molar-refractivity contribution in [3.05, 3.63) is 130 Å². The number of benzene rings is 4. The van der Waals surface area contributed by atoms with Crippen LogP contribution in [0.3, 0.4) is 0 Å². The van der Waals surface area contributed by atoms with Crippen LogP contribution in [0.15, 0.2) is 102 Å². The molecule has 0 saturated heterocycles. The van der Waals surface area contributed by atoms with E-state index < -0.39 is 34.3 Å². The maximum Gasteiger partial charge on any atom is 0.264 e. The summed E-state index contributed by atoms with van der Waals surface area (Å²) < 4.78 is 43.2. The second-order valence-electron chi connectivity index (χ2n) is 11.3. The molecule has 0 fully saturated rings. The zero-order valence-corrected chi connectivity index (χ0v) is 27.3. The molecule has 0 heterocycles. The lowest BCUT2D eigenvalue weighted by molar-refractivity contribution is -0.140. The van der Waals surface area contributed by atoms with E-state index in [2.05, 4.69) is 5.32 Å². The number of halogens is 2. The van der Waals surface area contributed by atoms with E-state index in [9.17, 15) is 22.4 Å². The van der Waals surface area contributed by atoms with Gasteiger partial charge in [0.05, 0.1) is 10.6 Å². The summed E-state index contributed by atoms with van der Waals surface area (Å²) >= 11 is 6.21. The van der Waals surface area contributed by atoms with Crippen LogP contribution in [0.2, 0.25) is 5.02 Å². The third-order valence-corrected chi connectivity index (χ3v) is 9.29. The van der Waals surface area contributed by atoms with Crippen molar-refractivity contribution in [1.82, 2.24) is 10.2 Å². The van der Waals surface area contributed by atoms with Gasteiger partial charge in [-0.3, -0.25) is 13.9 Å². The van der Waals surface area contributed by atoms with Crippen molar-refractivity contribution in [3.8, 4) is 0 Å². The SMILES string of the molecule is Cc1ccc(S(=O)(=O)N(CC(=O)N(Cc2ccc(F)cc2)[C@@H](Cc2ccccc2)C(=O)NC(C)C)c2ccc(Cl)cc2C)cc1. The lowest BCUT2D eigenvalue weighted by Gasteiger charge is -2.34. The molecular weight excluding hydrogens is 613 g/mol. The number of carbonyl (C=O) groups excluding carboxylic acids is 2. The topological polar surface area (TPSA) is 86.8 Å². The van der Waals surface area contributed by atoms with Crippen LogP contribution in [0.4, 0.5) is 10.1 Å². The summed E-state index contributed by atoms with van der Waals surface area (Å²) in [6.45, 7) is 6.56. The molecule has 4 rings (SSSR count). The molecule has 0 spiro atoms. The monoisotopic (exact) mass is 649 g/mol. The maximum atomic E-state index is 14.5. The van der Waals surface area contributed by atoms with Gasteiger partial charge in [0.15, 0.2) is 0 Å². The summed E-state index contributed by atoms with van der Waals surface area (Å²) in [5.41, 5.74) is 3.10. The zero-order valence-electron chi connectivity index (χ0n) is 25.7. The first kappa shape index (κ1) is 33.7. The van der Waals surface area contributed by atoms with Gasteiger partial charge in [-0.05, 0) is 86.8 Å². The number of carbonyl (C=O) groups is 2. The summed E-state index contributed by atoms with van der Waals surface area (Å²) in [5.74, 6) is -1.44. The Labute approximate surface area is 269 Å². The number of anilines is 1. The van der Waals surface area contributed by atoms with Crippen molar-refractivity contribution in [3.63, 3.8) is 0 Å². The first-order valence-electron chi connectivity index (χ1n) is 14.6. The number of hydrogen-bond donors (Lipinski definition) is 1. The van der Waals surface area contributed by atoms with Gasteiger partial charge >= 0.3 is 0 Å². The Bertz CT molecular complexity index is 1730. The Morgan fingerprint density at radius 3 is 2.11 bits per heavy atom. The highest BCUT2D eigenvalue weighted by molar-refractivity contribution is 7.92. The molecule has 0 saturated carbocycles. The molecule has 1 atom stereocenters. The largest absolute Gasteiger partial charge is 0.352 e. The lowest BCUT2D eigenvalue weighted by Crippen LogP contribution is -2.54. The predicted octanol–water partition coefficient (Wildman–Crippen LogP) is 6.46. The number of hydrogen-bond acceptors (Lipinski definition) is 4. The standard InChI is InChI=1S/C35H37ClFN3O4S/c1-24(2)38-35(42)33(21-27-8-6-5-7-9-27)39(22-28-12-15-30(37)16-13-28)34(41)23-40(32-19-14-29(36)20-26(32)4)45(43,44)31-17-10-25(3)11-18-31/h5-20,24,33H,21-23H2,1-4H3,(H,38,42)/t33-/m0/s1. The number of amides is 2. The molecule has 2 amide bonds. The van der Waals surface area contributed by atoms with Crippen molar-refractivity contribution in [2.45, 2.75) is 57.6 Å². The van der Waals surface area contributed by atoms with Crippen molar-refractivity contribution in [2.24, 2.45) is 0 Å². The average Bonchev–Trinajstić information content (AvgIpc) is 2.99. The Morgan fingerprint density at radius 1 is 0.867 bits per heavy atom. The first-order chi connectivity index (χ1) is 21.3. The summed E-state index contributed by atoms with van der Waals surface area (Å²) in [6.07, 6.45) is 0.178. The second kappa shape index (κ2) is 14.7.